The average Bonchev–Trinajstić information content (AvgIpc) is 2.38. The van der Waals surface area contributed by atoms with Crippen LogP contribution in [0.4, 0.5) is 4.39 Å². The van der Waals surface area contributed by atoms with Crippen molar-refractivity contribution in [3.8, 4) is 0 Å². The molecule has 2 rings (SSSR count). The van der Waals surface area contributed by atoms with Crippen LogP contribution in [-0.4, -0.2) is 9.97 Å². The summed E-state index contributed by atoms with van der Waals surface area (Å²) in [6.45, 7) is 2.74. The zero-order chi connectivity index (χ0) is 12.1. The van der Waals surface area contributed by atoms with Gasteiger partial charge < -0.3 is 5.32 Å². The van der Waals surface area contributed by atoms with Gasteiger partial charge in [-0.2, -0.15) is 0 Å². The molecule has 17 heavy (non-hydrogen) atoms. The van der Waals surface area contributed by atoms with Crippen LogP contribution in [0.1, 0.15) is 24.2 Å². The molecule has 3 nitrogen and oxygen atoms in total. The van der Waals surface area contributed by atoms with Gasteiger partial charge in [-0.25, -0.2) is 4.39 Å². The second-order valence-electron chi connectivity index (χ2n) is 3.86. The normalized spacial score (nSPS) is 12.4. The molecule has 0 aromatic carbocycles. The Labute approximate surface area is 99.7 Å². The number of halogens is 1. The Bertz CT molecular complexity index is 456. The smallest absolute Gasteiger partial charge is 0.141 e. The van der Waals surface area contributed by atoms with Crippen LogP contribution in [0.15, 0.2) is 42.9 Å². The number of hydrogen-bond donors (Lipinski definition) is 1. The quantitative estimate of drug-likeness (QED) is 0.878. The lowest BCUT2D eigenvalue weighted by Crippen LogP contribution is -2.19. The molecule has 0 bridgehead atoms. The summed E-state index contributed by atoms with van der Waals surface area (Å²) >= 11 is 0. The Kier molecular flexibility index (Phi) is 3.77. The van der Waals surface area contributed by atoms with E-state index in [9.17, 15) is 4.39 Å². The predicted octanol–water partition coefficient (Wildman–Crippen LogP) is 2.47. The highest BCUT2D eigenvalue weighted by Crippen LogP contribution is 2.10. The maximum Gasteiger partial charge on any atom is 0.141 e. The highest BCUT2D eigenvalue weighted by molar-refractivity contribution is 5.12. The van der Waals surface area contributed by atoms with Crippen LogP contribution in [0.5, 0.6) is 0 Å². The summed E-state index contributed by atoms with van der Waals surface area (Å²) in [6.07, 6.45) is 4.76. The summed E-state index contributed by atoms with van der Waals surface area (Å²) in [5.41, 5.74) is 1.99. The first-order valence-electron chi connectivity index (χ1n) is 5.49. The topological polar surface area (TPSA) is 37.8 Å². The molecule has 0 spiro atoms. The zero-order valence-electron chi connectivity index (χ0n) is 9.60. The molecule has 0 radical (unpaired) electrons. The molecule has 2 aromatic rings. The Hall–Kier alpha value is -1.81. The maximum absolute atomic E-state index is 12.7. The highest BCUT2D eigenvalue weighted by Gasteiger charge is 2.06. The van der Waals surface area contributed by atoms with E-state index in [0.717, 1.165) is 17.8 Å². The van der Waals surface area contributed by atoms with Crippen molar-refractivity contribution in [1.82, 2.24) is 15.3 Å². The number of hydrogen-bond acceptors (Lipinski definition) is 3. The maximum atomic E-state index is 12.7. The van der Waals surface area contributed by atoms with Crippen molar-refractivity contribution in [3.05, 3.63) is 59.9 Å². The zero-order valence-corrected chi connectivity index (χ0v) is 9.60. The molecule has 0 amide bonds. The molecule has 4 heteroatoms. The molecule has 1 atom stereocenters. The third-order valence-electron chi connectivity index (χ3n) is 2.56. The van der Waals surface area contributed by atoms with Crippen molar-refractivity contribution in [2.75, 3.05) is 0 Å². The van der Waals surface area contributed by atoms with E-state index in [1.54, 1.807) is 18.5 Å². The Morgan fingerprint density at radius 3 is 2.65 bits per heavy atom. The van der Waals surface area contributed by atoms with Gasteiger partial charge in [-0.3, -0.25) is 9.97 Å². The molecule has 88 valence electrons. The molecule has 0 aliphatic carbocycles. The summed E-state index contributed by atoms with van der Waals surface area (Å²) in [6, 6.07) is 7.12. The lowest BCUT2D eigenvalue weighted by Gasteiger charge is -2.13. The molecular formula is C13H14FN3. The van der Waals surface area contributed by atoms with Gasteiger partial charge >= 0.3 is 0 Å². The summed E-state index contributed by atoms with van der Waals surface area (Å²) < 4.78 is 12.7. The standard InChI is InChI=1S/C13H14FN3/c1-10(13-3-2-12(14)9-17-13)16-8-11-4-6-15-7-5-11/h2-7,9-10,16H,8H2,1H3. The second kappa shape index (κ2) is 5.50. The molecule has 1 unspecified atom stereocenters. The second-order valence-corrected chi connectivity index (χ2v) is 3.86. The monoisotopic (exact) mass is 231 g/mol. The number of nitrogens with zero attached hydrogens (tertiary/aromatic N) is 2. The molecule has 0 saturated heterocycles. The minimum atomic E-state index is -0.310. The minimum Gasteiger partial charge on any atom is -0.305 e. The van der Waals surface area contributed by atoms with Gasteiger partial charge in [0.05, 0.1) is 11.9 Å². The van der Waals surface area contributed by atoms with Crippen molar-refractivity contribution < 1.29 is 4.39 Å². The summed E-state index contributed by atoms with van der Waals surface area (Å²) in [5, 5.41) is 3.32. The Balaban J connectivity index is 1.93. The van der Waals surface area contributed by atoms with Crippen LogP contribution in [0.2, 0.25) is 0 Å². The van der Waals surface area contributed by atoms with Crippen LogP contribution in [0.3, 0.4) is 0 Å². The van der Waals surface area contributed by atoms with Gasteiger partial charge in [-0.05, 0) is 36.8 Å². The SMILES string of the molecule is CC(NCc1ccncc1)c1ccc(F)cn1. The molecular weight excluding hydrogens is 217 g/mol. The van der Waals surface area contributed by atoms with Gasteiger partial charge in [0.25, 0.3) is 0 Å². The van der Waals surface area contributed by atoms with E-state index in [-0.39, 0.29) is 11.9 Å². The van der Waals surface area contributed by atoms with Crippen molar-refractivity contribution in [3.63, 3.8) is 0 Å². The third kappa shape index (κ3) is 3.32. The van der Waals surface area contributed by atoms with Gasteiger partial charge in [0.15, 0.2) is 0 Å². The van der Waals surface area contributed by atoms with E-state index in [0.29, 0.717) is 0 Å². The van der Waals surface area contributed by atoms with Crippen LogP contribution in [0, 0.1) is 5.82 Å². The van der Waals surface area contributed by atoms with Crippen molar-refractivity contribution in [2.24, 2.45) is 0 Å². The summed E-state index contributed by atoms with van der Waals surface area (Å²) in [5.74, 6) is -0.310. The van der Waals surface area contributed by atoms with Crippen molar-refractivity contribution in [2.45, 2.75) is 19.5 Å². The van der Waals surface area contributed by atoms with Gasteiger partial charge in [0.2, 0.25) is 0 Å². The van der Waals surface area contributed by atoms with E-state index in [1.807, 2.05) is 19.1 Å². The average molecular weight is 231 g/mol. The van der Waals surface area contributed by atoms with Crippen LogP contribution < -0.4 is 5.32 Å². The van der Waals surface area contributed by atoms with Gasteiger partial charge in [-0.1, -0.05) is 0 Å². The lowest BCUT2D eigenvalue weighted by atomic mass is 10.2. The van der Waals surface area contributed by atoms with Gasteiger partial charge in [-0.15, -0.1) is 0 Å². The third-order valence-corrected chi connectivity index (χ3v) is 2.56. The first-order chi connectivity index (χ1) is 8.25. The molecule has 2 heterocycles. The first kappa shape index (κ1) is 11.7. The number of rotatable bonds is 4. The van der Waals surface area contributed by atoms with Gasteiger partial charge in [0, 0.05) is 25.0 Å². The molecule has 0 saturated carbocycles. The van der Waals surface area contributed by atoms with E-state index >= 15 is 0 Å². The highest BCUT2D eigenvalue weighted by atomic mass is 19.1. The molecule has 0 aliphatic heterocycles. The fourth-order valence-electron chi connectivity index (χ4n) is 1.52. The van der Waals surface area contributed by atoms with Crippen molar-refractivity contribution in [1.29, 1.82) is 0 Å². The Morgan fingerprint density at radius 1 is 1.24 bits per heavy atom. The first-order valence-corrected chi connectivity index (χ1v) is 5.49. The molecule has 0 aliphatic rings. The fourth-order valence-corrected chi connectivity index (χ4v) is 1.52. The largest absolute Gasteiger partial charge is 0.305 e. The Morgan fingerprint density at radius 2 is 2.00 bits per heavy atom. The predicted molar refractivity (Wildman–Crippen MR) is 63.7 cm³/mol. The van der Waals surface area contributed by atoms with E-state index < -0.39 is 0 Å². The van der Waals surface area contributed by atoms with E-state index in [2.05, 4.69) is 15.3 Å². The van der Waals surface area contributed by atoms with Crippen LogP contribution in [0.25, 0.3) is 0 Å². The molecule has 1 N–H and O–H groups in total. The summed E-state index contributed by atoms with van der Waals surface area (Å²) in [7, 11) is 0. The minimum absolute atomic E-state index is 0.0868. The lowest BCUT2D eigenvalue weighted by molar-refractivity contribution is 0.554. The van der Waals surface area contributed by atoms with Crippen LogP contribution >= 0.6 is 0 Å². The number of pyridine rings is 2. The van der Waals surface area contributed by atoms with E-state index in [1.165, 1.54) is 12.3 Å². The van der Waals surface area contributed by atoms with Crippen molar-refractivity contribution >= 4 is 0 Å². The van der Waals surface area contributed by atoms with Gasteiger partial charge in [0.1, 0.15) is 5.82 Å². The number of aromatic nitrogens is 2. The summed E-state index contributed by atoms with van der Waals surface area (Å²) in [4.78, 5) is 8.00. The van der Waals surface area contributed by atoms with Crippen LogP contribution in [-0.2, 0) is 6.54 Å². The van der Waals surface area contributed by atoms with E-state index in [4.69, 9.17) is 0 Å². The molecule has 2 aromatic heterocycles. The number of nitrogens with one attached hydrogen (secondary N) is 1. The fraction of sp³-hybridized carbons (Fsp3) is 0.231. The molecule has 0 fully saturated rings.